The van der Waals surface area contributed by atoms with Crippen LogP contribution in [0.3, 0.4) is 0 Å². The van der Waals surface area contributed by atoms with E-state index in [4.69, 9.17) is 0 Å². The van der Waals surface area contributed by atoms with E-state index in [-0.39, 0.29) is 0 Å². The lowest BCUT2D eigenvalue weighted by molar-refractivity contribution is 0.0972. The summed E-state index contributed by atoms with van der Waals surface area (Å²) in [5.74, 6) is 0. The average Bonchev–Trinajstić information content (AvgIpc) is 3.18. The molecule has 0 N–H and O–H groups in total. The van der Waals surface area contributed by atoms with E-state index in [1.54, 1.807) is 6.20 Å². The smallest absolute Gasteiger partial charge is 0.0692 e. The molecule has 4 rings (SSSR count). The van der Waals surface area contributed by atoms with Gasteiger partial charge < -0.3 is 0 Å². The monoisotopic (exact) mass is 272 g/mol. The van der Waals surface area contributed by atoms with Crippen molar-refractivity contribution in [2.75, 3.05) is 6.54 Å². The van der Waals surface area contributed by atoms with E-state index in [0.717, 1.165) is 13.1 Å². The Hall–Kier alpha value is -1.69. The number of rotatable bonds is 4. The maximum atomic E-state index is 4.42. The van der Waals surface area contributed by atoms with Gasteiger partial charge in [0.2, 0.25) is 0 Å². The summed E-state index contributed by atoms with van der Waals surface area (Å²) in [7, 11) is 0. The van der Waals surface area contributed by atoms with Gasteiger partial charge in [-0.2, -0.15) is 5.10 Å². The molecule has 6 heteroatoms. The molecule has 2 aliphatic rings. The molecule has 2 fully saturated rings. The van der Waals surface area contributed by atoms with Crippen LogP contribution in [0.4, 0.5) is 0 Å². The molecule has 2 unspecified atom stereocenters. The molecule has 2 atom stereocenters. The van der Waals surface area contributed by atoms with E-state index in [1.807, 2.05) is 23.1 Å². The molecule has 2 bridgehead atoms. The van der Waals surface area contributed by atoms with Crippen molar-refractivity contribution >= 4 is 0 Å². The van der Waals surface area contributed by atoms with E-state index in [9.17, 15) is 0 Å². The predicted octanol–water partition coefficient (Wildman–Crippen LogP) is 1.34. The molecule has 6 nitrogen and oxygen atoms in total. The zero-order chi connectivity index (χ0) is 13.4. The van der Waals surface area contributed by atoms with Crippen molar-refractivity contribution in [3.05, 3.63) is 30.9 Å². The number of nitrogens with zero attached hydrogens (tertiary/aromatic N) is 6. The van der Waals surface area contributed by atoms with E-state index in [0.29, 0.717) is 18.1 Å². The van der Waals surface area contributed by atoms with Gasteiger partial charge in [-0.05, 0) is 31.7 Å². The topological polar surface area (TPSA) is 51.8 Å². The first-order chi connectivity index (χ1) is 9.90. The van der Waals surface area contributed by atoms with Crippen molar-refractivity contribution in [3.63, 3.8) is 0 Å². The van der Waals surface area contributed by atoms with Crippen LogP contribution in [0.1, 0.15) is 31.7 Å². The van der Waals surface area contributed by atoms with Gasteiger partial charge in [-0.3, -0.25) is 14.3 Å². The zero-order valence-electron chi connectivity index (χ0n) is 11.5. The maximum Gasteiger partial charge on any atom is 0.0692 e. The van der Waals surface area contributed by atoms with Crippen molar-refractivity contribution in [2.24, 2.45) is 0 Å². The molecule has 0 spiro atoms. The van der Waals surface area contributed by atoms with E-state index in [1.165, 1.54) is 25.7 Å². The van der Waals surface area contributed by atoms with Crippen LogP contribution in [0.25, 0.3) is 0 Å². The third-order valence-electron chi connectivity index (χ3n) is 4.82. The molecule has 2 aromatic rings. The maximum absolute atomic E-state index is 4.42. The van der Waals surface area contributed by atoms with Gasteiger partial charge in [0.15, 0.2) is 0 Å². The van der Waals surface area contributed by atoms with Crippen molar-refractivity contribution in [1.82, 2.24) is 29.7 Å². The molecular weight excluding hydrogens is 252 g/mol. The van der Waals surface area contributed by atoms with E-state index in [2.05, 4.69) is 31.2 Å². The van der Waals surface area contributed by atoms with Gasteiger partial charge in [-0.1, -0.05) is 5.21 Å². The second kappa shape index (κ2) is 5.01. The summed E-state index contributed by atoms with van der Waals surface area (Å²) in [5.41, 5.74) is 0. The average molecular weight is 272 g/mol. The number of piperidine rings is 1. The van der Waals surface area contributed by atoms with Gasteiger partial charge in [0.05, 0.1) is 18.8 Å². The summed E-state index contributed by atoms with van der Waals surface area (Å²) in [5, 5.41) is 12.3. The summed E-state index contributed by atoms with van der Waals surface area (Å²) >= 11 is 0. The minimum atomic E-state index is 0.588. The first-order valence-electron chi connectivity index (χ1n) is 7.49. The zero-order valence-corrected chi connectivity index (χ0v) is 11.5. The minimum absolute atomic E-state index is 0.588. The van der Waals surface area contributed by atoms with Gasteiger partial charge in [0.1, 0.15) is 0 Å². The molecule has 2 aliphatic heterocycles. The van der Waals surface area contributed by atoms with Crippen molar-refractivity contribution < 1.29 is 0 Å². The number of hydrogen-bond acceptors (Lipinski definition) is 4. The SMILES string of the molecule is c1cnn(C2CC3CCC(C2)N3CCn2ccnn2)c1. The second-order valence-corrected chi connectivity index (χ2v) is 5.90. The molecule has 0 radical (unpaired) electrons. The Balaban J connectivity index is 1.41. The van der Waals surface area contributed by atoms with Gasteiger partial charge in [-0.15, -0.1) is 5.10 Å². The summed E-state index contributed by atoms with van der Waals surface area (Å²) in [6.07, 6.45) is 12.8. The number of hydrogen-bond donors (Lipinski definition) is 0. The fourth-order valence-corrected chi connectivity index (χ4v) is 3.89. The van der Waals surface area contributed by atoms with E-state index < -0.39 is 0 Å². The molecule has 106 valence electrons. The summed E-state index contributed by atoms with van der Waals surface area (Å²) in [6.45, 7) is 2.03. The van der Waals surface area contributed by atoms with Crippen LogP contribution in [0.2, 0.25) is 0 Å². The molecule has 0 aromatic carbocycles. The lowest BCUT2D eigenvalue weighted by Crippen LogP contribution is -2.44. The van der Waals surface area contributed by atoms with Crippen molar-refractivity contribution in [1.29, 1.82) is 0 Å². The van der Waals surface area contributed by atoms with Gasteiger partial charge in [-0.25, -0.2) is 0 Å². The molecule has 2 aromatic heterocycles. The Labute approximate surface area is 118 Å². The summed E-state index contributed by atoms with van der Waals surface area (Å²) in [4.78, 5) is 2.68. The quantitative estimate of drug-likeness (QED) is 0.843. The van der Waals surface area contributed by atoms with Crippen molar-refractivity contribution in [2.45, 2.75) is 50.4 Å². The van der Waals surface area contributed by atoms with Gasteiger partial charge in [0, 0.05) is 37.2 Å². The van der Waals surface area contributed by atoms with Crippen LogP contribution >= 0.6 is 0 Å². The van der Waals surface area contributed by atoms with Crippen LogP contribution in [0.5, 0.6) is 0 Å². The lowest BCUT2D eigenvalue weighted by Gasteiger charge is -2.38. The standard InChI is InChI=1S/C14H20N6/c1-4-16-20(6-1)14-10-12-2-3-13(11-14)19(12)9-8-18-7-5-15-17-18/h1,4-7,12-14H,2-3,8-11H2. The predicted molar refractivity (Wildman–Crippen MR) is 74.0 cm³/mol. The molecular formula is C14H20N6. The summed E-state index contributed by atoms with van der Waals surface area (Å²) < 4.78 is 4.08. The summed E-state index contributed by atoms with van der Waals surface area (Å²) in [6, 6.07) is 4.04. The number of fused-ring (bicyclic) bond motifs is 2. The fourth-order valence-electron chi connectivity index (χ4n) is 3.89. The van der Waals surface area contributed by atoms with E-state index >= 15 is 0 Å². The second-order valence-electron chi connectivity index (χ2n) is 5.90. The largest absolute Gasteiger partial charge is 0.295 e. The third kappa shape index (κ3) is 2.14. The Morgan fingerprint density at radius 1 is 0.950 bits per heavy atom. The normalized spacial score (nSPS) is 29.9. The Kier molecular flexibility index (Phi) is 3.03. The Bertz CT molecular complexity index is 520. The highest BCUT2D eigenvalue weighted by molar-refractivity contribution is 4.97. The van der Waals surface area contributed by atoms with Crippen LogP contribution in [0, 0.1) is 0 Å². The van der Waals surface area contributed by atoms with Gasteiger partial charge >= 0.3 is 0 Å². The lowest BCUT2D eigenvalue weighted by atomic mass is 9.97. The Morgan fingerprint density at radius 2 is 1.80 bits per heavy atom. The van der Waals surface area contributed by atoms with Gasteiger partial charge in [0.25, 0.3) is 0 Å². The van der Waals surface area contributed by atoms with Crippen molar-refractivity contribution in [3.8, 4) is 0 Å². The first kappa shape index (κ1) is 12.1. The first-order valence-corrected chi connectivity index (χ1v) is 7.49. The highest BCUT2D eigenvalue weighted by Gasteiger charge is 2.40. The Morgan fingerprint density at radius 3 is 2.45 bits per heavy atom. The molecule has 4 heterocycles. The molecule has 0 saturated carbocycles. The van der Waals surface area contributed by atoms with Crippen LogP contribution in [-0.2, 0) is 6.54 Å². The fraction of sp³-hybridized carbons (Fsp3) is 0.643. The van der Waals surface area contributed by atoms with Crippen LogP contribution in [-0.4, -0.2) is 48.3 Å². The highest BCUT2D eigenvalue weighted by Crippen LogP contribution is 2.40. The third-order valence-corrected chi connectivity index (χ3v) is 4.82. The molecule has 2 saturated heterocycles. The minimum Gasteiger partial charge on any atom is -0.295 e. The molecule has 0 aliphatic carbocycles. The van der Waals surface area contributed by atoms with Crippen LogP contribution < -0.4 is 0 Å². The molecule has 20 heavy (non-hydrogen) atoms. The van der Waals surface area contributed by atoms with Crippen LogP contribution in [0.15, 0.2) is 30.9 Å². The highest BCUT2D eigenvalue weighted by atomic mass is 15.4. The number of aromatic nitrogens is 5. The molecule has 0 amide bonds.